The molecule has 2 N–H and O–H groups in total. The fourth-order valence-electron chi connectivity index (χ4n) is 2.69. The Balaban J connectivity index is 2.11. The zero-order chi connectivity index (χ0) is 18.4. The van der Waals surface area contributed by atoms with Crippen LogP contribution in [0.2, 0.25) is 0 Å². The van der Waals surface area contributed by atoms with Gasteiger partial charge in [0.1, 0.15) is 5.75 Å². The van der Waals surface area contributed by atoms with Crippen molar-refractivity contribution in [3.8, 4) is 5.75 Å². The minimum Gasteiger partial charge on any atom is -0.497 e. The van der Waals surface area contributed by atoms with Gasteiger partial charge in [-0.15, -0.1) is 0 Å². The number of nitrogens with one attached hydrogen (secondary N) is 1. The fraction of sp³-hybridized carbons (Fsp3) is 0.300. The number of carbonyl (C=O) groups excluding carboxylic acids is 1. The van der Waals surface area contributed by atoms with Crippen molar-refractivity contribution in [2.75, 3.05) is 7.11 Å². The third-order valence-corrected chi connectivity index (χ3v) is 4.16. The van der Waals surface area contributed by atoms with E-state index in [0.717, 1.165) is 5.56 Å². The molecule has 5 nitrogen and oxygen atoms in total. The summed E-state index contributed by atoms with van der Waals surface area (Å²) in [6.45, 7) is 3.93. The van der Waals surface area contributed by atoms with Crippen LogP contribution in [0.5, 0.6) is 5.75 Å². The van der Waals surface area contributed by atoms with E-state index in [0.29, 0.717) is 11.3 Å². The Morgan fingerprint density at radius 3 is 2.20 bits per heavy atom. The summed E-state index contributed by atoms with van der Waals surface area (Å²) in [5.41, 5.74) is 1.13. The van der Waals surface area contributed by atoms with E-state index < -0.39 is 17.4 Å². The first kappa shape index (κ1) is 18.5. The summed E-state index contributed by atoms with van der Waals surface area (Å²) in [7, 11) is 1.54. The molecule has 0 aromatic heterocycles. The summed E-state index contributed by atoms with van der Waals surface area (Å²) in [6, 6.07) is 15.2. The van der Waals surface area contributed by atoms with Crippen molar-refractivity contribution >= 4 is 11.9 Å². The first-order valence-corrected chi connectivity index (χ1v) is 8.05. The van der Waals surface area contributed by atoms with Gasteiger partial charge in [0, 0.05) is 6.42 Å². The Kier molecular flexibility index (Phi) is 5.80. The van der Waals surface area contributed by atoms with Crippen LogP contribution in [-0.4, -0.2) is 24.1 Å². The molecule has 0 aliphatic heterocycles. The second-order valence-electron chi connectivity index (χ2n) is 6.54. The minimum atomic E-state index is -1.10. The number of ether oxygens (including phenoxy) is 1. The third kappa shape index (κ3) is 4.83. The molecule has 2 rings (SSSR count). The van der Waals surface area contributed by atoms with Crippen molar-refractivity contribution in [2.24, 2.45) is 0 Å². The fourth-order valence-corrected chi connectivity index (χ4v) is 2.69. The number of hydrogen-bond donors (Lipinski definition) is 2. The van der Waals surface area contributed by atoms with E-state index in [1.807, 2.05) is 44.2 Å². The summed E-state index contributed by atoms with van der Waals surface area (Å²) >= 11 is 0. The normalized spacial score (nSPS) is 12.3. The monoisotopic (exact) mass is 341 g/mol. The largest absolute Gasteiger partial charge is 0.497 e. The summed E-state index contributed by atoms with van der Waals surface area (Å²) in [4.78, 5) is 24.0. The predicted octanol–water partition coefficient (Wildman–Crippen LogP) is 3.31. The molecule has 5 heteroatoms. The van der Waals surface area contributed by atoms with E-state index in [2.05, 4.69) is 5.32 Å². The minimum absolute atomic E-state index is 0.191. The molecule has 0 radical (unpaired) electrons. The number of rotatable bonds is 7. The highest BCUT2D eigenvalue weighted by atomic mass is 16.5. The number of hydrogen-bond acceptors (Lipinski definition) is 3. The molecule has 0 bridgehead atoms. The average molecular weight is 341 g/mol. The van der Waals surface area contributed by atoms with Gasteiger partial charge in [-0.2, -0.15) is 0 Å². The highest BCUT2D eigenvalue weighted by Crippen LogP contribution is 2.27. The van der Waals surface area contributed by atoms with E-state index in [-0.39, 0.29) is 12.3 Å². The predicted molar refractivity (Wildman–Crippen MR) is 95.6 cm³/mol. The zero-order valence-corrected chi connectivity index (χ0v) is 14.7. The molecule has 0 aliphatic rings. The first-order chi connectivity index (χ1) is 11.8. The van der Waals surface area contributed by atoms with Gasteiger partial charge in [0.05, 0.1) is 7.11 Å². The number of methoxy groups -OCH3 is 1. The Hall–Kier alpha value is -2.82. The second-order valence-corrected chi connectivity index (χ2v) is 6.54. The van der Waals surface area contributed by atoms with Crippen molar-refractivity contribution in [3.05, 3.63) is 65.7 Å². The lowest BCUT2D eigenvalue weighted by Crippen LogP contribution is -2.37. The van der Waals surface area contributed by atoms with E-state index in [1.54, 1.807) is 24.3 Å². The second kappa shape index (κ2) is 7.83. The van der Waals surface area contributed by atoms with Crippen molar-refractivity contribution in [1.82, 2.24) is 5.32 Å². The van der Waals surface area contributed by atoms with Crippen LogP contribution < -0.4 is 10.1 Å². The molecule has 2 aromatic carbocycles. The summed E-state index contributed by atoms with van der Waals surface area (Å²) in [6.07, 6.45) is 0.191. The Morgan fingerprint density at radius 1 is 1.08 bits per heavy atom. The molecular weight excluding hydrogens is 318 g/mol. The van der Waals surface area contributed by atoms with Crippen LogP contribution in [0.25, 0.3) is 0 Å². The number of aliphatic carboxylic acids is 1. The molecule has 1 amide bonds. The van der Waals surface area contributed by atoms with E-state index in [9.17, 15) is 14.7 Å². The van der Waals surface area contributed by atoms with Crippen LogP contribution in [0.3, 0.4) is 0 Å². The number of carbonyl (C=O) groups is 2. The van der Waals surface area contributed by atoms with Gasteiger partial charge in [-0.25, -0.2) is 4.79 Å². The number of carboxylic acids is 1. The highest BCUT2D eigenvalue weighted by Gasteiger charge is 2.28. The van der Waals surface area contributed by atoms with Crippen LogP contribution in [0.15, 0.2) is 54.6 Å². The highest BCUT2D eigenvalue weighted by molar-refractivity contribution is 5.85. The zero-order valence-electron chi connectivity index (χ0n) is 14.7. The van der Waals surface area contributed by atoms with Gasteiger partial charge in [0.15, 0.2) is 6.04 Å². The molecule has 0 saturated heterocycles. The van der Waals surface area contributed by atoms with Crippen LogP contribution in [0.1, 0.15) is 37.4 Å². The SMILES string of the molecule is COc1ccc(C(NC(=O)CC(C)(C)c2ccccc2)C(=O)O)cc1. The maximum atomic E-state index is 12.4. The van der Waals surface area contributed by atoms with Gasteiger partial charge in [0.25, 0.3) is 0 Å². The molecule has 2 aromatic rings. The molecule has 1 atom stereocenters. The topological polar surface area (TPSA) is 75.6 Å². The van der Waals surface area contributed by atoms with E-state index in [1.165, 1.54) is 7.11 Å². The van der Waals surface area contributed by atoms with Crippen LogP contribution >= 0.6 is 0 Å². The summed E-state index contributed by atoms with van der Waals surface area (Å²) in [5, 5.41) is 12.1. The van der Waals surface area contributed by atoms with Crippen molar-refractivity contribution in [3.63, 3.8) is 0 Å². The molecule has 25 heavy (non-hydrogen) atoms. The Morgan fingerprint density at radius 2 is 1.68 bits per heavy atom. The maximum Gasteiger partial charge on any atom is 0.330 e. The molecule has 0 heterocycles. The molecule has 1 unspecified atom stereocenters. The average Bonchev–Trinajstić information content (AvgIpc) is 2.60. The molecule has 0 spiro atoms. The maximum absolute atomic E-state index is 12.4. The van der Waals surface area contributed by atoms with Crippen molar-refractivity contribution in [1.29, 1.82) is 0 Å². The van der Waals surface area contributed by atoms with Gasteiger partial charge < -0.3 is 15.2 Å². The quantitative estimate of drug-likeness (QED) is 0.810. The molecule has 0 aliphatic carbocycles. The Labute approximate surface area is 147 Å². The molecule has 132 valence electrons. The van der Waals surface area contributed by atoms with E-state index >= 15 is 0 Å². The summed E-state index contributed by atoms with van der Waals surface area (Å²) in [5.74, 6) is -0.780. The van der Waals surface area contributed by atoms with Crippen LogP contribution in [-0.2, 0) is 15.0 Å². The number of carboxylic acid groups (broad SMARTS) is 1. The van der Waals surface area contributed by atoms with Gasteiger partial charge >= 0.3 is 5.97 Å². The molecule has 0 fully saturated rings. The van der Waals surface area contributed by atoms with Gasteiger partial charge in [0.2, 0.25) is 5.91 Å². The van der Waals surface area contributed by atoms with Crippen LogP contribution in [0, 0.1) is 0 Å². The van der Waals surface area contributed by atoms with Crippen molar-refractivity contribution < 1.29 is 19.4 Å². The first-order valence-electron chi connectivity index (χ1n) is 8.05. The van der Waals surface area contributed by atoms with Gasteiger partial charge in [-0.05, 0) is 28.7 Å². The lowest BCUT2D eigenvalue weighted by Gasteiger charge is -2.25. The third-order valence-electron chi connectivity index (χ3n) is 4.16. The number of amides is 1. The standard InChI is InChI=1S/C20H23NO4/c1-20(2,15-7-5-4-6-8-15)13-17(22)21-18(19(23)24)14-9-11-16(25-3)12-10-14/h4-12,18H,13H2,1-3H3,(H,21,22)(H,23,24). The van der Waals surface area contributed by atoms with E-state index in [4.69, 9.17) is 4.74 Å². The Bertz CT molecular complexity index is 723. The lowest BCUT2D eigenvalue weighted by molar-refractivity contribution is -0.142. The molecule has 0 saturated carbocycles. The summed E-state index contributed by atoms with van der Waals surface area (Å²) < 4.78 is 5.07. The lowest BCUT2D eigenvalue weighted by atomic mass is 9.81. The van der Waals surface area contributed by atoms with Gasteiger partial charge in [-0.1, -0.05) is 56.3 Å². The number of benzene rings is 2. The molecular formula is C20H23NO4. The smallest absolute Gasteiger partial charge is 0.330 e. The van der Waals surface area contributed by atoms with Crippen LogP contribution in [0.4, 0.5) is 0 Å². The van der Waals surface area contributed by atoms with Crippen molar-refractivity contribution in [2.45, 2.75) is 31.7 Å². The van der Waals surface area contributed by atoms with Gasteiger partial charge in [-0.3, -0.25) is 4.79 Å².